The summed E-state index contributed by atoms with van der Waals surface area (Å²) >= 11 is 1.76. The number of ether oxygens (including phenoxy) is 2. The summed E-state index contributed by atoms with van der Waals surface area (Å²) in [4.78, 5) is 1.32. The molecule has 0 saturated carbocycles. The third-order valence-corrected chi connectivity index (χ3v) is 3.50. The molecule has 3 heteroatoms. The number of hydrogen-bond donors (Lipinski definition) is 0. The molecule has 0 aliphatic heterocycles. The van der Waals surface area contributed by atoms with E-state index in [1.807, 2.05) is 32.0 Å². The Bertz CT molecular complexity index is 453. The van der Waals surface area contributed by atoms with Gasteiger partial charge in [-0.15, -0.1) is 11.3 Å². The van der Waals surface area contributed by atoms with Crippen LogP contribution in [-0.4, -0.2) is 13.2 Å². The summed E-state index contributed by atoms with van der Waals surface area (Å²) in [5, 5.41) is 2.10. The van der Waals surface area contributed by atoms with Crippen molar-refractivity contribution >= 4 is 11.3 Å². The molecule has 0 spiro atoms. The Morgan fingerprint density at radius 2 is 1.61 bits per heavy atom. The Labute approximate surface area is 112 Å². The summed E-state index contributed by atoms with van der Waals surface area (Å²) in [6.45, 7) is 5.35. The van der Waals surface area contributed by atoms with Gasteiger partial charge in [0.1, 0.15) is 11.5 Å². The molecule has 2 rings (SSSR count). The Morgan fingerprint density at radius 1 is 0.944 bits per heavy atom. The molecule has 0 aliphatic rings. The molecular weight excluding hydrogens is 244 g/mol. The van der Waals surface area contributed by atoms with Gasteiger partial charge in [-0.1, -0.05) is 12.1 Å². The van der Waals surface area contributed by atoms with Gasteiger partial charge in [-0.25, -0.2) is 0 Å². The minimum Gasteiger partial charge on any atom is -0.493 e. The van der Waals surface area contributed by atoms with E-state index in [0.717, 1.165) is 23.5 Å². The summed E-state index contributed by atoms with van der Waals surface area (Å²) in [7, 11) is 0. The Kier molecular flexibility index (Phi) is 4.65. The molecule has 1 aromatic heterocycles. The lowest BCUT2D eigenvalue weighted by atomic mass is 10.1. The summed E-state index contributed by atoms with van der Waals surface area (Å²) in [6, 6.07) is 10.2. The first-order chi connectivity index (χ1) is 8.85. The summed E-state index contributed by atoms with van der Waals surface area (Å²) in [5.41, 5.74) is 1.14. The molecule has 1 aromatic carbocycles. The van der Waals surface area contributed by atoms with E-state index in [-0.39, 0.29) is 0 Å². The minimum atomic E-state index is 0.674. The normalized spacial score (nSPS) is 10.3. The van der Waals surface area contributed by atoms with Gasteiger partial charge in [0.05, 0.1) is 13.2 Å². The zero-order valence-corrected chi connectivity index (χ0v) is 11.6. The fourth-order valence-corrected chi connectivity index (χ4v) is 2.61. The summed E-state index contributed by atoms with van der Waals surface area (Å²) < 4.78 is 11.4. The predicted molar refractivity (Wildman–Crippen MR) is 75.9 cm³/mol. The molecule has 0 radical (unpaired) electrons. The van der Waals surface area contributed by atoms with Gasteiger partial charge >= 0.3 is 0 Å². The second kappa shape index (κ2) is 6.45. The molecule has 18 heavy (non-hydrogen) atoms. The van der Waals surface area contributed by atoms with Crippen LogP contribution in [0.4, 0.5) is 0 Å². The topological polar surface area (TPSA) is 18.5 Å². The highest BCUT2D eigenvalue weighted by molar-refractivity contribution is 7.09. The Hall–Kier alpha value is -1.48. The first-order valence-electron chi connectivity index (χ1n) is 6.25. The van der Waals surface area contributed by atoms with Gasteiger partial charge in [-0.05, 0) is 37.4 Å². The summed E-state index contributed by atoms with van der Waals surface area (Å²) in [6.07, 6.45) is 0.864. The van der Waals surface area contributed by atoms with E-state index in [2.05, 4.69) is 17.5 Å². The summed E-state index contributed by atoms with van der Waals surface area (Å²) in [5.74, 6) is 1.86. The lowest BCUT2D eigenvalue weighted by Crippen LogP contribution is -2.01. The fraction of sp³-hybridized carbons (Fsp3) is 0.333. The first-order valence-corrected chi connectivity index (χ1v) is 7.13. The molecule has 0 fully saturated rings. The monoisotopic (exact) mass is 262 g/mol. The van der Waals surface area contributed by atoms with Crippen LogP contribution < -0.4 is 9.47 Å². The molecule has 0 atom stereocenters. The highest BCUT2D eigenvalue weighted by Crippen LogP contribution is 2.32. The van der Waals surface area contributed by atoms with Crippen molar-refractivity contribution in [2.75, 3.05) is 13.2 Å². The van der Waals surface area contributed by atoms with Crippen molar-refractivity contribution in [2.24, 2.45) is 0 Å². The molecule has 0 aliphatic carbocycles. The van der Waals surface area contributed by atoms with Crippen LogP contribution >= 0.6 is 11.3 Å². The predicted octanol–water partition coefficient (Wildman–Crippen LogP) is 4.14. The largest absolute Gasteiger partial charge is 0.493 e. The Balaban J connectivity index is 2.33. The number of benzene rings is 1. The van der Waals surface area contributed by atoms with Crippen LogP contribution in [0.15, 0.2) is 35.7 Å². The molecule has 0 unspecified atom stereocenters. The van der Waals surface area contributed by atoms with E-state index >= 15 is 0 Å². The second-order valence-corrected chi connectivity index (χ2v) is 4.89. The van der Waals surface area contributed by atoms with Gasteiger partial charge in [0, 0.05) is 16.9 Å². The van der Waals surface area contributed by atoms with Crippen LogP contribution in [0.1, 0.15) is 24.3 Å². The van der Waals surface area contributed by atoms with Crippen molar-refractivity contribution in [3.05, 3.63) is 46.2 Å². The molecule has 0 N–H and O–H groups in total. The molecule has 1 heterocycles. The maximum Gasteiger partial charge on any atom is 0.126 e. The van der Waals surface area contributed by atoms with Crippen molar-refractivity contribution < 1.29 is 9.47 Å². The molecular formula is C15H18O2S. The molecule has 96 valence electrons. The van der Waals surface area contributed by atoms with Crippen molar-refractivity contribution in [1.29, 1.82) is 0 Å². The highest BCUT2D eigenvalue weighted by atomic mass is 32.1. The van der Waals surface area contributed by atoms with Gasteiger partial charge in [0.15, 0.2) is 0 Å². The van der Waals surface area contributed by atoms with Crippen LogP contribution in [0.25, 0.3) is 0 Å². The molecule has 2 aromatic rings. The van der Waals surface area contributed by atoms with Crippen LogP contribution in [0.2, 0.25) is 0 Å². The number of rotatable bonds is 6. The van der Waals surface area contributed by atoms with E-state index in [1.165, 1.54) is 4.88 Å². The van der Waals surface area contributed by atoms with Gasteiger partial charge in [0.2, 0.25) is 0 Å². The van der Waals surface area contributed by atoms with Crippen molar-refractivity contribution in [2.45, 2.75) is 20.3 Å². The van der Waals surface area contributed by atoms with E-state index in [9.17, 15) is 0 Å². The van der Waals surface area contributed by atoms with Crippen LogP contribution in [0.3, 0.4) is 0 Å². The van der Waals surface area contributed by atoms with Crippen LogP contribution in [0.5, 0.6) is 11.5 Å². The van der Waals surface area contributed by atoms with Gasteiger partial charge in [0.25, 0.3) is 0 Å². The maximum absolute atomic E-state index is 5.70. The SMILES string of the molecule is CCOc1cccc(OCC)c1Cc1cccs1. The van der Waals surface area contributed by atoms with E-state index in [1.54, 1.807) is 11.3 Å². The third-order valence-electron chi connectivity index (χ3n) is 2.62. The van der Waals surface area contributed by atoms with Crippen molar-refractivity contribution in [3.63, 3.8) is 0 Å². The molecule has 0 saturated heterocycles. The standard InChI is InChI=1S/C15H18O2S/c1-3-16-14-8-5-9-15(17-4-2)13(14)11-12-7-6-10-18-12/h5-10H,3-4,11H2,1-2H3. The van der Waals surface area contributed by atoms with Crippen LogP contribution in [-0.2, 0) is 6.42 Å². The quantitative estimate of drug-likeness (QED) is 0.779. The number of hydrogen-bond acceptors (Lipinski definition) is 3. The van der Waals surface area contributed by atoms with Crippen molar-refractivity contribution in [3.8, 4) is 11.5 Å². The maximum atomic E-state index is 5.70. The lowest BCUT2D eigenvalue weighted by Gasteiger charge is -2.14. The first kappa shape index (κ1) is 13.0. The Morgan fingerprint density at radius 3 is 2.11 bits per heavy atom. The third kappa shape index (κ3) is 3.05. The zero-order valence-electron chi connectivity index (χ0n) is 10.8. The van der Waals surface area contributed by atoms with Crippen molar-refractivity contribution in [1.82, 2.24) is 0 Å². The minimum absolute atomic E-state index is 0.674. The molecule has 0 amide bonds. The van der Waals surface area contributed by atoms with Gasteiger partial charge in [-0.3, -0.25) is 0 Å². The van der Waals surface area contributed by atoms with Gasteiger partial charge in [-0.2, -0.15) is 0 Å². The van der Waals surface area contributed by atoms with Gasteiger partial charge < -0.3 is 9.47 Å². The van der Waals surface area contributed by atoms with Crippen LogP contribution in [0, 0.1) is 0 Å². The second-order valence-electron chi connectivity index (χ2n) is 3.86. The fourth-order valence-electron chi connectivity index (χ4n) is 1.89. The zero-order chi connectivity index (χ0) is 12.8. The van der Waals surface area contributed by atoms with E-state index in [0.29, 0.717) is 13.2 Å². The smallest absolute Gasteiger partial charge is 0.126 e. The highest BCUT2D eigenvalue weighted by Gasteiger charge is 2.11. The molecule has 2 nitrogen and oxygen atoms in total. The van der Waals surface area contributed by atoms with E-state index in [4.69, 9.17) is 9.47 Å². The lowest BCUT2D eigenvalue weighted by molar-refractivity contribution is 0.317. The average molecular weight is 262 g/mol. The molecule has 0 bridgehead atoms. The number of thiophene rings is 1. The average Bonchev–Trinajstić information content (AvgIpc) is 2.87. The van der Waals surface area contributed by atoms with E-state index < -0.39 is 0 Å².